The molecule has 2 aromatic heterocycles. The number of carbonyl (C=O) groups excluding carboxylic acids is 1. The summed E-state index contributed by atoms with van der Waals surface area (Å²) in [5.41, 5.74) is 3.32. The first-order chi connectivity index (χ1) is 10.2. The number of fused-ring (bicyclic) bond motifs is 1. The molecule has 4 nitrogen and oxygen atoms in total. The number of para-hydroxylation sites is 1. The zero-order valence-corrected chi connectivity index (χ0v) is 12.0. The molecule has 3 aromatic rings. The third-order valence-electron chi connectivity index (χ3n) is 3.71. The van der Waals surface area contributed by atoms with Crippen molar-refractivity contribution in [1.82, 2.24) is 9.88 Å². The van der Waals surface area contributed by atoms with Gasteiger partial charge in [-0.25, -0.2) is 0 Å². The lowest BCUT2D eigenvalue weighted by atomic mass is 10.1. The largest absolute Gasteiger partial charge is 0.472 e. The molecule has 0 atom stereocenters. The smallest absolute Gasteiger partial charge is 0.222 e. The van der Waals surface area contributed by atoms with Crippen LogP contribution in [-0.4, -0.2) is 22.8 Å². The molecule has 0 bridgehead atoms. The Morgan fingerprint density at radius 1 is 1.29 bits per heavy atom. The van der Waals surface area contributed by atoms with E-state index in [1.54, 1.807) is 17.4 Å². The zero-order chi connectivity index (χ0) is 14.7. The molecule has 21 heavy (non-hydrogen) atoms. The zero-order valence-electron chi connectivity index (χ0n) is 12.0. The minimum Gasteiger partial charge on any atom is -0.472 e. The van der Waals surface area contributed by atoms with Crippen LogP contribution in [0.25, 0.3) is 10.9 Å². The topological polar surface area (TPSA) is 49.2 Å². The van der Waals surface area contributed by atoms with Crippen molar-refractivity contribution in [3.05, 3.63) is 60.2 Å². The second-order valence-corrected chi connectivity index (χ2v) is 5.24. The van der Waals surface area contributed by atoms with Crippen molar-refractivity contribution < 1.29 is 9.21 Å². The first kappa shape index (κ1) is 13.5. The number of nitrogens with zero attached hydrogens (tertiary/aromatic N) is 1. The van der Waals surface area contributed by atoms with Crippen molar-refractivity contribution in [1.29, 1.82) is 0 Å². The van der Waals surface area contributed by atoms with E-state index in [9.17, 15) is 4.79 Å². The van der Waals surface area contributed by atoms with Crippen molar-refractivity contribution in [3.63, 3.8) is 0 Å². The maximum Gasteiger partial charge on any atom is 0.222 e. The number of furan rings is 1. The lowest BCUT2D eigenvalue weighted by molar-refractivity contribution is -0.130. The SMILES string of the molecule is CN(Cc1ccoc1)C(=O)CCc1c[nH]c2ccccc12. The van der Waals surface area contributed by atoms with Gasteiger partial charge in [0.25, 0.3) is 0 Å². The number of hydrogen-bond acceptors (Lipinski definition) is 2. The highest BCUT2D eigenvalue weighted by atomic mass is 16.3. The lowest BCUT2D eigenvalue weighted by Gasteiger charge is -2.15. The quantitative estimate of drug-likeness (QED) is 0.780. The molecule has 4 heteroatoms. The van der Waals surface area contributed by atoms with Crippen LogP contribution in [0, 0.1) is 0 Å². The van der Waals surface area contributed by atoms with Crippen LogP contribution in [0.3, 0.4) is 0 Å². The van der Waals surface area contributed by atoms with E-state index >= 15 is 0 Å². The van der Waals surface area contributed by atoms with E-state index in [2.05, 4.69) is 11.1 Å². The Morgan fingerprint density at radius 2 is 2.14 bits per heavy atom. The molecule has 0 unspecified atom stereocenters. The molecule has 3 rings (SSSR count). The fourth-order valence-corrected chi connectivity index (χ4v) is 2.52. The van der Waals surface area contributed by atoms with E-state index < -0.39 is 0 Å². The van der Waals surface area contributed by atoms with E-state index in [-0.39, 0.29) is 5.91 Å². The van der Waals surface area contributed by atoms with Crippen LogP contribution < -0.4 is 0 Å². The number of H-pyrrole nitrogens is 1. The first-order valence-electron chi connectivity index (χ1n) is 7.04. The lowest BCUT2D eigenvalue weighted by Crippen LogP contribution is -2.26. The summed E-state index contributed by atoms with van der Waals surface area (Å²) < 4.78 is 5.02. The van der Waals surface area contributed by atoms with Crippen molar-refractivity contribution in [2.75, 3.05) is 7.05 Å². The number of hydrogen-bond donors (Lipinski definition) is 1. The highest BCUT2D eigenvalue weighted by molar-refractivity contribution is 5.84. The number of benzene rings is 1. The van der Waals surface area contributed by atoms with Gasteiger partial charge in [-0.15, -0.1) is 0 Å². The molecular weight excluding hydrogens is 264 g/mol. The standard InChI is InChI=1S/C17H18N2O2/c1-19(11-13-8-9-21-12-13)17(20)7-6-14-10-18-16-5-3-2-4-15(14)16/h2-5,8-10,12,18H,6-7,11H2,1H3. The second-order valence-electron chi connectivity index (χ2n) is 5.24. The van der Waals surface area contributed by atoms with Gasteiger partial charge in [0.05, 0.1) is 12.5 Å². The average molecular weight is 282 g/mol. The molecule has 108 valence electrons. The number of carbonyl (C=O) groups is 1. The monoisotopic (exact) mass is 282 g/mol. The highest BCUT2D eigenvalue weighted by Gasteiger charge is 2.11. The van der Waals surface area contributed by atoms with Crippen molar-refractivity contribution in [2.24, 2.45) is 0 Å². The molecular formula is C17H18N2O2. The Balaban J connectivity index is 1.60. The van der Waals surface area contributed by atoms with Crippen molar-refractivity contribution in [2.45, 2.75) is 19.4 Å². The summed E-state index contributed by atoms with van der Waals surface area (Å²) in [6.07, 6.45) is 6.55. The maximum absolute atomic E-state index is 12.2. The summed E-state index contributed by atoms with van der Waals surface area (Å²) in [7, 11) is 1.82. The molecule has 0 aliphatic rings. The van der Waals surface area contributed by atoms with Crippen LogP contribution in [0.4, 0.5) is 0 Å². The van der Waals surface area contributed by atoms with E-state index in [0.717, 1.165) is 17.5 Å². The van der Waals surface area contributed by atoms with Gasteiger partial charge >= 0.3 is 0 Å². The van der Waals surface area contributed by atoms with Crippen molar-refractivity contribution in [3.8, 4) is 0 Å². The predicted octanol–water partition coefficient (Wildman–Crippen LogP) is 3.35. The van der Waals surface area contributed by atoms with Crippen LogP contribution >= 0.6 is 0 Å². The summed E-state index contributed by atoms with van der Waals surface area (Å²) in [5, 5.41) is 1.20. The Bertz CT molecular complexity index is 728. The molecule has 0 aliphatic carbocycles. The number of aromatic nitrogens is 1. The van der Waals surface area contributed by atoms with Crippen LogP contribution in [-0.2, 0) is 17.8 Å². The van der Waals surface area contributed by atoms with Gasteiger partial charge in [0.2, 0.25) is 5.91 Å². The van der Waals surface area contributed by atoms with Gasteiger partial charge in [0.1, 0.15) is 0 Å². The summed E-state index contributed by atoms with van der Waals surface area (Å²) in [6.45, 7) is 0.587. The van der Waals surface area contributed by atoms with Crippen LogP contribution in [0.1, 0.15) is 17.5 Å². The summed E-state index contributed by atoms with van der Waals surface area (Å²) in [6, 6.07) is 10.0. The van der Waals surface area contributed by atoms with Gasteiger partial charge in [-0.05, 0) is 24.1 Å². The van der Waals surface area contributed by atoms with Crippen LogP contribution in [0.5, 0.6) is 0 Å². The Labute approximate surface area is 123 Å². The maximum atomic E-state index is 12.2. The third-order valence-corrected chi connectivity index (χ3v) is 3.71. The summed E-state index contributed by atoms with van der Waals surface area (Å²) >= 11 is 0. The Kier molecular flexibility index (Phi) is 3.77. The fraction of sp³-hybridized carbons (Fsp3) is 0.235. The van der Waals surface area contributed by atoms with Crippen LogP contribution in [0.2, 0.25) is 0 Å². The average Bonchev–Trinajstić information content (AvgIpc) is 3.14. The van der Waals surface area contributed by atoms with Crippen molar-refractivity contribution >= 4 is 16.8 Å². The van der Waals surface area contributed by atoms with E-state index in [0.29, 0.717) is 13.0 Å². The summed E-state index contributed by atoms with van der Waals surface area (Å²) in [5.74, 6) is 0.140. The molecule has 0 radical (unpaired) electrons. The van der Waals surface area contributed by atoms with Gasteiger partial charge in [-0.2, -0.15) is 0 Å². The molecule has 0 saturated carbocycles. The third kappa shape index (κ3) is 2.99. The minimum absolute atomic E-state index is 0.140. The Hall–Kier alpha value is -2.49. The van der Waals surface area contributed by atoms with Gasteiger partial charge in [-0.1, -0.05) is 18.2 Å². The molecule has 1 aromatic carbocycles. The Morgan fingerprint density at radius 3 is 2.95 bits per heavy atom. The first-order valence-corrected chi connectivity index (χ1v) is 7.04. The minimum atomic E-state index is 0.140. The molecule has 0 fully saturated rings. The molecule has 2 heterocycles. The number of nitrogens with one attached hydrogen (secondary N) is 1. The van der Waals surface area contributed by atoms with Crippen LogP contribution in [0.15, 0.2) is 53.5 Å². The molecule has 1 N–H and O–H groups in total. The molecule has 0 spiro atoms. The molecule has 0 aliphatic heterocycles. The summed E-state index contributed by atoms with van der Waals surface area (Å²) in [4.78, 5) is 17.2. The molecule has 1 amide bonds. The fourth-order valence-electron chi connectivity index (χ4n) is 2.52. The van der Waals surface area contributed by atoms with E-state index in [1.807, 2.05) is 37.5 Å². The number of aryl methyl sites for hydroxylation is 1. The van der Waals surface area contributed by atoms with Gasteiger partial charge in [-0.3, -0.25) is 4.79 Å². The molecule has 0 saturated heterocycles. The van der Waals surface area contributed by atoms with E-state index in [1.165, 1.54) is 10.9 Å². The number of rotatable bonds is 5. The number of aromatic amines is 1. The predicted molar refractivity (Wildman–Crippen MR) is 81.8 cm³/mol. The van der Waals surface area contributed by atoms with Gasteiger partial charge in [0.15, 0.2) is 0 Å². The van der Waals surface area contributed by atoms with E-state index in [4.69, 9.17) is 4.42 Å². The number of amides is 1. The normalized spacial score (nSPS) is 10.9. The highest BCUT2D eigenvalue weighted by Crippen LogP contribution is 2.19. The van der Waals surface area contributed by atoms with Gasteiger partial charge in [0, 0.05) is 42.7 Å². The second kappa shape index (κ2) is 5.87. The van der Waals surface area contributed by atoms with Gasteiger partial charge < -0.3 is 14.3 Å².